The van der Waals surface area contributed by atoms with Gasteiger partial charge in [-0.1, -0.05) is 41.1 Å². The Balaban J connectivity index is 1.42. The lowest BCUT2D eigenvalue weighted by atomic mass is 10.1. The van der Waals surface area contributed by atoms with Gasteiger partial charge in [0.15, 0.2) is 9.34 Å². The molecule has 2 N–H and O–H groups in total. The molecule has 1 aliphatic heterocycles. The van der Waals surface area contributed by atoms with Gasteiger partial charge in [-0.15, -0.1) is 0 Å². The van der Waals surface area contributed by atoms with Gasteiger partial charge in [0.1, 0.15) is 5.82 Å². The lowest BCUT2D eigenvalue weighted by Crippen LogP contribution is -2.53. The van der Waals surface area contributed by atoms with Crippen LogP contribution < -0.4 is 10.0 Å². The Bertz CT molecular complexity index is 1490. The van der Waals surface area contributed by atoms with Crippen LogP contribution in [0.25, 0.3) is 6.08 Å². The number of rotatable bonds is 8. The summed E-state index contributed by atoms with van der Waals surface area (Å²) in [6.07, 6.45) is 4.11. The largest absolute Gasteiger partial charge is 0.334 e. The Labute approximate surface area is 235 Å². The van der Waals surface area contributed by atoms with Crippen molar-refractivity contribution in [1.29, 1.82) is 0 Å². The van der Waals surface area contributed by atoms with E-state index in [1.807, 2.05) is 6.92 Å². The summed E-state index contributed by atoms with van der Waals surface area (Å²) in [6.45, 7) is 5.79. The number of carbonyl (C=O) groups is 2. The van der Waals surface area contributed by atoms with E-state index in [2.05, 4.69) is 19.9 Å². The number of hydrogen-bond donors (Lipinski definition) is 2. The number of halogens is 2. The first-order valence-electron chi connectivity index (χ1n) is 12.0. The maximum atomic E-state index is 13.2. The molecular formula is C26H27ClFN5O4S2. The fraction of sp³-hybridized carbons (Fsp3) is 0.269. The lowest BCUT2D eigenvalue weighted by Gasteiger charge is -2.39. The second-order valence-electron chi connectivity index (χ2n) is 9.08. The van der Waals surface area contributed by atoms with E-state index in [0.29, 0.717) is 36.8 Å². The second kappa shape index (κ2) is 12.2. The first-order chi connectivity index (χ1) is 18.5. The summed E-state index contributed by atoms with van der Waals surface area (Å²) in [7, 11) is -4.03. The van der Waals surface area contributed by atoms with Crippen LogP contribution in [0.1, 0.15) is 25.0 Å². The SMILES string of the molecule is CC(=O)Nc1ncc(S(=O)(=O)Nc2cc(Cl)ccc2/C=C/C(=O)N2CCN(Cc3ccc(F)cc3)C[C@H]2C)s1. The van der Waals surface area contributed by atoms with Gasteiger partial charge in [-0.05, 0) is 48.4 Å². The van der Waals surface area contributed by atoms with Gasteiger partial charge in [0.25, 0.3) is 10.0 Å². The van der Waals surface area contributed by atoms with Crippen LogP contribution in [0.2, 0.25) is 5.02 Å². The highest BCUT2D eigenvalue weighted by molar-refractivity contribution is 7.94. The standard InChI is InChI=1S/C26H27ClFN5O4S2/c1-17-15-32(16-19-3-8-22(28)9-4-19)11-12-33(17)24(35)10-6-20-5-7-21(27)13-23(20)31-39(36,37)25-14-29-26(38-25)30-18(2)34/h3-10,13-14,17,31H,11-12,15-16H2,1-2H3,(H,29,30,34)/b10-6+/t17-/m1/s1. The Morgan fingerprint density at radius 1 is 1.21 bits per heavy atom. The van der Waals surface area contributed by atoms with Crippen molar-refractivity contribution in [2.24, 2.45) is 0 Å². The summed E-state index contributed by atoms with van der Waals surface area (Å²) in [5.74, 6) is -0.836. The van der Waals surface area contributed by atoms with Crippen LogP contribution >= 0.6 is 22.9 Å². The van der Waals surface area contributed by atoms with E-state index in [1.54, 1.807) is 35.2 Å². The zero-order chi connectivity index (χ0) is 28.2. The molecule has 0 spiro atoms. The number of anilines is 2. The number of amides is 2. The van der Waals surface area contributed by atoms with Crippen molar-refractivity contribution in [3.05, 3.63) is 76.7 Å². The third kappa shape index (κ3) is 7.63. The Morgan fingerprint density at radius 3 is 2.64 bits per heavy atom. The van der Waals surface area contributed by atoms with Gasteiger partial charge in [0.2, 0.25) is 11.8 Å². The predicted octanol–water partition coefficient (Wildman–Crippen LogP) is 4.44. The highest BCUT2D eigenvalue weighted by atomic mass is 35.5. The minimum absolute atomic E-state index is 0.0522. The lowest BCUT2D eigenvalue weighted by molar-refractivity contribution is -0.130. The number of hydrogen-bond acceptors (Lipinski definition) is 7. The summed E-state index contributed by atoms with van der Waals surface area (Å²) in [5.41, 5.74) is 1.65. The van der Waals surface area contributed by atoms with Crippen LogP contribution in [0.3, 0.4) is 0 Å². The molecule has 2 amide bonds. The van der Waals surface area contributed by atoms with Crippen LogP contribution in [0.5, 0.6) is 0 Å². The smallest absolute Gasteiger partial charge is 0.273 e. The van der Waals surface area contributed by atoms with Gasteiger partial charge >= 0.3 is 0 Å². The molecule has 2 heterocycles. The van der Waals surface area contributed by atoms with Gasteiger partial charge < -0.3 is 10.2 Å². The Morgan fingerprint density at radius 2 is 1.95 bits per heavy atom. The molecule has 1 saturated heterocycles. The molecular weight excluding hydrogens is 565 g/mol. The molecule has 0 bridgehead atoms. The van der Waals surface area contributed by atoms with Crippen molar-refractivity contribution in [1.82, 2.24) is 14.8 Å². The highest BCUT2D eigenvalue weighted by Crippen LogP contribution is 2.29. The first-order valence-corrected chi connectivity index (χ1v) is 14.7. The van der Waals surface area contributed by atoms with E-state index in [1.165, 1.54) is 31.2 Å². The first kappa shape index (κ1) is 28.7. The van der Waals surface area contributed by atoms with Crippen molar-refractivity contribution >= 4 is 61.7 Å². The zero-order valence-corrected chi connectivity index (χ0v) is 23.6. The average molecular weight is 592 g/mol. The number of nitrogens with zero attached hydrogens (tertiary/aromatic N) is 3. The quantitative estimate of drug-likeness (QED) is 0.375. The van der Waals surface area contributed by atoms with Crippen LogP contribution in [0, 0.1) is 5.82 Å². The average Bonchev–Trinajstić information content (AvgIpc) is 3.33. The van der Waals surface area contributed by atoms with Crippen LogP contribution in [-0.2, 0) is 26.2 Å². The van der Waals surface area contributed by atoms with E-state index >= 15 is 0 Å². The van der Waals surface area contributed by atoms with Gasteiger partial charge in [-0.3, -0.25) is 19.2 Å². The maximum Gasteiger partial charge on any atom is 0.273 e. The topological polar surface area (TPSA) is 112 Å². The second-order valence-corrected chi connectivity index (χ2v) is 12.5. The van der Waals surface area contributed by atoms with E-state index in [9.17, 15) is 22.4 Å². The zero-order valence-electron chi connectivity index (χ0n) is 21.2. The van der Waals surface area contributed by atoms with Gasteiger partial charge in [-0.25, -0.2) is 17.8 Å². The molecule has 1 aliphatic rings. The van der Waals surface area contributed by atoms with E-state index in [4.69, 9.17) is 11.6 Å². The Kier molecular flexibility index (Phi) is 9.01. The predicted molar refractivity (Wildman–Crippen MR) is 151 cm³/mol. The summed E-state index contributed by atoms with van der Waals surface area (Å²) < 4.78 is 41.5. The van der Waals surface area contributed by atoms with Crippen molar-refractivity contribution in [2.45, 2.75) is 30.6 Å². The molecule has 13 heteroatoms. The van der Waals surface area contributed by atoms with E-state index < -0.39 is 10.0 Å². The van der Waals surface area contributed by atoms with Crippen molar-refractivity contribution in [3.8, 4) is 0 Å². The van der Waals surface area contributed by atoms with Crippen molar-refractivity contribution < 1.29 is 22.4 Å². The fourth-order valence-electron chi connectivity index (χ4n) is 4.16. The number of sulfonamides is 1. The minimum Gasteiger partial charge on any atom is -0.334 e. The van der Waals surface area contributed by atoms with Crippen LogP contribution in [0.15, 0.2) is 58.9 Å². The van der Waals surface area contributed by atoms with Crippen molar-refractivity contribution in [2.75, 3.05) is 29.7 Å². The molecule has 3 aromatic rings. The maximum absolute atomic E-state index is 13.2. The molecule has 206 valence electrons. The summed E-state index contributed by atoms with van der Waals surface area (Å²) in [6, 6.07) is 11.0. The molecule has 1 fully saturated rings. The monoisotopic (exact) mass is 591 g/mol. The summed E-state index contributed by atoms with van der Waals surface area (Å²) >= 11 is 6.93. The number of benzene rings is 2. The van der Waals surface area contributed by atoms with Crippen LogP contribution in [-0.4, -0.2) is 60.7 Å². The number of nitrogens with one attached hydrogen (secondary N) is 2. The summed E-state index contributed by atoms with van der Waals surface area (Å²) in [5, 5.41) is 2.92. The molecule has 1 atom stereocenters. The molecule has 1 aromatic heterocycles. The minimum atomic E-state index is -4.03. The molecule has 2 aromatic carbocycles. The third-order valence-electron chi connectivity index (χ3n) is 6.01. The number of piperazine rings is 1. The molecule has 0 radical (unpaired) electrons. The molecule has 4 rings (SSSR count). The fourth-order valence-corrected chi connectivity index (χ4v) is 6.49. The molecule has 39 heavy (non-hydrogen) atoms. The highest BCUT2D eigenvalue weighted by Gasteiger charge is 2.26. The number of thiazole rings is 1. The van der Waals surface area contributed by atoms with Gasteiger partial charge in [0, 0.05) is 50.2 Å². The molecule has 0 unspecified atom stereocenters. The molecule has 9 nitrogen and oxygen atoms in total. The van der Waals surface area contributed by atoms with E-state index in [0.717, 1.165) is 23.1 Å². The Hall–Kier alpha value is -3.32. The number of aromatic nitrogens is 1. The normalized spacial score (nSPS) is 16.4. The summed E-state index contributed by atoms with van der Waals surface area (Å²) in [4.78, 5) is 32.2. The van der Waals surface area contributed by atoms with Crippen LogP contribution in [0.4, 0.5) is 15.2 Å². The van der Waals surface area contributed by atoms with Crippen molar-refractivity contribution in [3.63, 3.8) is 0 Å². The third-order valence-corrected chi connectivity index (χ3v) is 8.99. The number of carbonyl (C=O) groups excluding carboxylic acids is 2. The van der Waals surface area contributed by atoms with Gasteiger partial charge in [-0.2, -0.15) is 0 Å². The van der Waals surface area contributed by atoms with Gasteiger partial charge in [0.05, 0.1) is 11.9 Å². The van der Waals surface area contributed by atoms with E-state index in [-0.39, 0.29) is 38.7 Å². The molecule has 0 aliphatic carbocycles. The molecule has 0 saturated carbocycles.